The standard InChI is InChI=1S/C54H48O8P2/c1-55-47-29-13-5-21-39(47)43-25-9-17-33-51(43)59-63(60-52-34-18-10-26-44(52)40-22-6-14-30-48(40)56-2)37-38-64(61-53-35-19-11-27-45(53)41-23-7-15-31-49(41)57-3)62-54-36-20-12-28-46(54)42-24-8-16-32-50(42)58-4/h5-36H,37-38H2,1-4H3. The molecule has 10 heteroatoms. The lowest BCUT2D eigenvalue weighted by Crippen LogP contribution is -2.09. The average Bonchev–Trinajstić information content (AvgIpc) is 3.36. The van der Waals surface area contributed by atoms with Gasteiger partial charge in [-0.1, -0.05) is 146 Å². The number of hydrogen-bond acceptors (Lipinski definition) is 8. The summed E-state index contributed by atoms with van der Waals surface area (Å²) in [6.45, 7) is 0. The summed E-state index contributed by atoms with van der Waals surface area (Å²) < 4.78 is 51.5. The summed E-state index contributed by atoms with van der Waals surface area (Å²) in [5, 5.41) is 0. The molecule has 322 valence electrons. The molecule has 0 spiro atoms. The topological polar surface area (TPSA) is 73.8 Å². The third-order valence-corrected chi connectivity index (χ3v) is 13.5. The highest BCUT2D eigenvalue weighted by molar-refractivity contribution is 7.52. The van der Waals surface area contributed by atoms with Crippen molar-refractivity contribution in [3.63, 3.8) is 0 Å². The van der Waals surface area contributed by atoms with Gasteiger partial charge >= 0.3 is 0 Å². The SMILES string of the molecule is COc1ccccc1-c1ccccc1OP(CCP(Oc1ccccc1-c1ccccc1OC)Oc1ccccc1-c1ccccc1OC)Oc1ccccc1-c1ccccc1OC. The summed E-state index contributed by atoms with van der Waals surface area (Å²) >= 11 is 0. The van der Waals surface area contributed by atoms with E-state index in [0.29, 0.717) is 35.3 Å². The number of hydrogen-bond donors (Lipinski definition) is 0. The Labute approximate surface area is 377 Å². The lowest BCUT2D eigenvalue weighted by molar-refractivity contribution is 0.416. The summed E-state index contributed by atoms with van der Waals surface area (Å²) in [5.41, 5.74) is 7.11. The van der Waals surface area contributed by atoms with Crippen molar-refractivity contribution < 1.29 is 37.0 Å². The minimum atomic E-state index is -1.72. The highest BCUT2D eigenvalue weighted by Crippen LogP contribution is 2.53. The highest BCUT2D eigenvalue weighted by Gasteiger charge is 2.27. The van der Waals surface area contributed by atoms with Crippen molar-refractivity contribution in [2.45, 2.75) is 0 Å². The predicted molar refractivity (Wildman–Crippen MR) is 260 cm³/mol. The van der Waals surface area contributed by atoms with Gasteiger partial charge in [-0.2, -0.15) is 0 Å². The molecule has 8 aromatic carbocycles. The fourth-order valence-corrected chi connectivity index (χ4v) is 10.6. The van der Waals surface area contributed by atoms with Crippen molar-refractivity contribution in [3.8, 4) is 90.5 Å². The molecule has 0 atom stereocenters. The van der Waals surface area contributed by atoms with Crippen LogP contribution in [0.4, 0.5) is 0 Å². The predicted octanol–water partition coefficient (Wildman–Crippen LogP) is 14.6. The van der Waals surface area contributed by atoms with Crippen LogP contribution in [0.2, 0.25) is 0 Å². The summed E-state index contributed by atoms with van der Waals surface area (Å²) in [6.07, 6.45) is 0.852. The second kappa shape index (κ2) is 21.4. The van der Waals surface area contributed by atoms with Crippen LogP contribution in [0.25, 0.3) is 44.5 Å². The molecule has 0 saturated carbocycles. The molecule has 0 aliphatic heterocycles. The van der Waals surface area contributed by atoms with E-state index in [-0.39, 0.29) is 0 Å². The fourth-order valence-electron chi connectivity index (χ4n) is 7.37. The molecular weight excluding hydrogens is 839 g/mol. The first kappa shape index (κ1) is 43.7. The van der Waals surface area contributed by atoms with Crippen LogP contribution in [0.5, 0.6) is 46.0 Å². The Morgan fingerprint density at radius 1 is 0.234 bits per heavy atom. The van der Waals surface area contributed by atoms with Crippen LogP contribution < -0.4 is 37.0 Å². The molecule has 0 aliphatic carbocycles. The van der Waals surface area contributed by atoms with Gasteiger partial charge in [0.05, 0.1) is 40.8 Å². The van der Waals surface area contributed by atoms with E-state index in [1.807, 2.05) is 194 Å². The van der Waals surface area contributed by atoms with Crippen LogP contribution in [0.3, 0.4) is 0 Å². The van der Waals surface area contributed by atoms with Gasteiger partial charge in [0.25, 0.3) is 16.8 Å². The summed E-state index contributed by atoms with van der Waals surface area (Å²) in [5.74, 6) is 5.56. The van der Waals surface area contributed by atoms with E-state index in [1.165, 1.54) is 0 Å². The molecule has 0 heterocycles. The summed E-state index contributed by atoms with van der Waals surface area (Å²) in [7, 11) is 3.26. The Morgan fingerprint density at radius 2 is 0.391 bits per heavy atom. The zero-order chi connectivity index (χ0) is 44.1. The van der Waals surface area contributed by atoms with Gasteiger partial charge in [0.1, 0.15) is 46.0 Å². The Bertz CT molecular complexity index is 2420. The van der Waals surface area contributed by atoms with E-state index in [0.717, 1.165) is 67.5 Å². The van der Waals surface area contributed by atoms with E-state index in [4.69, 9.17) is 37.0 Å². The van der Waals surface area contributed by atoms with E-state index in [2.05, 4.69) is 0 Å². The Kier molecular flexibility index (Phi) is 14.6. The van der Waals surface area contributed by atoms with Crippen LogP contribution in [-0.2, 0) is 0 Å². The second-order valence-electron chi connectivity index (χ2n) is 14.3. The minimum absolute atomic E-state index is 0.426. The number of para-hydroxylation sites is 8. The number of benzene rings is 8. The first-order chi connectivity index (χ1) is 31.6. The Hall–Kier alpha value is -6.98. The average molecular weight is 887 g/mol. The fraction of sp³-hybridized carbons (Fsp3) is 0.111. The van der Waals surface area contributed by atoms with Crippen molar-refractivity contribution in [2.75, 3.05) is 40.8 Å². The third-order valence-electron chi connectivity index (χ3n) is 10.4. The van der Waals surface area contributed by atoms with Gasteiger partial charge < -0.3 is 37.0 Å². The van der Waals surface area contributed by atoms with Crippen molar-refractivity contribution in [2.24, 2.45) is 0 Å². The number of rotatable bonds is 19. The van der Waals surface area contributed by atoms with Gasteiger partial charge in [-0.25, -0.2) is 0 Å². The zero-order valence-electron chi connectivity index (χ0n) is 36.0. The van der Waals surface area contributed by atoms with Crippen LogP contribution in [0, 0.1) is 0 Å². The lowest BCUT2D eigenvalue weighted by Gasteiger charge is -2.25. The highest BCUT2D eigenvalue weighted by atomic mass is 31.2. The van der Waals surface area contributed by atoms with Gasteiger partial charge in [0.2, 0.25) is 0 Å². The maximum absolute atomic E-state index is 7.07. The van der Waals surface area contributed by atoms with Gasteiger partial charge in [-0.05, 0) is 48.5 Å². The monoisotopic (exact) mass is 886 g/mol. The lowest BCUT2D eigenvalue weighted by atomic mass is 10.0. The minimum Gasteiger partial charge on any atom is -0.496 e. The van der Waals surface area contributed by atoms with Crippen molar-refractivity contribution in [3.05, 3.63) is 194 Å². The molecule has 8 aromatic rings. The van der Waals surface area contributed by atoms with Crippen LogP contribution in [0.15, 0.2) is 194 Å². The van der Waals surface area contributed by atoms with E-state index < -0.39 is 16.8 Å². The van der Waals surface area contributed by atoms with Crippen LogP contribution >= 0.6 is 16.8 Å². The molecular formula is C54H48O8P2. The van der Waals surface area contributed by atoms with Crippen LogP contribution in [0.1, 0.15) is 0 Å². The molecule has 0 aliphatic rings. The molecule has 0 fully saturated rings. The zero-order valence-corrected chi connectivity index (χ0v) is 37.8. The van der Waals surface area contributed by atoms with Gasteiger partial charge in [-0.15, -0.1) is 0 Å². The maximum atomic E-state index is 7.07. The Balaban J connectivity index is 1.20. The first-order valence-corrected chi connectivity index (χ1v) is 23.5. The molecule has 8 nitrogen and oxygen atoms in total. The van der Waals surface area contributed by atoms with E-state index in [9.17, 15) is 0 Å². The largest absolute Gasteiger partial charge is 0.496 e. The summed E-state index contributed by atoms with van der Waals surface area (Å²) in [6, 6.07) is 63.5. The van der Waals surface area contributed by atoms with Gasteiger partial charge in [0, 0.05) is 44.5 Å². The molecule has 64 heavy (non-hydrogen) atoms. The molecule has 0 amide bonds. The second-order valence-corrected chi connectivity index (χ2v) is 17.2. The van der Waals surface area contributed by atoms with Crippen molar-refractivity contribution in [1.29, 1.82) is 0 Å². The first-order valence-electron chi connectivity index (χ1n) is 20.7. The molecule has 0 bridgehead atoms. The van der Waals surface area contributed by atoms with Gasteiger partial charge in [0.15, 0.2) is 0 Å². The normalized spacial score (nSPS) is 10.9. The van der Waals surface area contributed by atoms with E-state index >= 15 is 0 Å². The molecule has 0 aromatic heterocycles. The number of ether oxygens (including phenoxy) is 4. The van der Waals surface area contributed by atoms with Crippen molar-refractivity contribution in [1.82, 2.24) is 0 Å². The molecule has 0 unspecified atom stereocenters. The maximum Gasteiger partial charge on any atom is 0.291 e. The van der Waals surface area contributed by atoms with Crippen molar-refractivity contribution >= 4 is 16.8 Å². The molecule has 0 saturated heterocycles. The smallest absolute Gasteiger partial charge is 0.291 e. The third kappa shape index (κ3) is 10.1. The number of methoxy groups -OCH3 is 4. The van der Waals surface area contributed by atoms with Crippen LogP contribution in [-0.4, -0.2) is 40.8 Å². The summed E-state index contributed by atoms with van der Waals surface area (Å²) in [4.78, 5) is 0. The quantitative estimate of drug-likeness (QED) is 0.0744. The molecule has 0 N–H and O–H groups in total. The molecule has 8 rings (SSSR count). The molecule has 0 radical (unpaired) electrons. The Morgan fingerprint density at radius 3 is 0.578 bits per heavy atom. The van der Waals surface area contributed by atoms with E-state index in [1.54, 1.807) is 28.4 Å². The van der Waals surface area contributed by atoms with Gasteiger partial charge in [-0.3, -0.25) is 0 Å².